The van der Waals surface area contributed by atoms with Crippen LogP contribution in [0.1, 0.15) is 37.0 Å². The van der Waals surface area contributed by atoms with Crippen molar-refractivity contribution in [1.82, 2.24) is 14.9 Å². The van der Waals surface area contributed by atoms with E-state index >= 15 is 0 Å². The maximum absolute atomic E-state index is 12.2. The maximum Gasteiger partial charge on any atom is 0.326 e. The molecule has 1 aliphatic rings. The number of rotatable bonds is 6. The van der Waals surface area contributed by atoms with Crippen LogP contribution in [-0.2, 0) is 13.0 Å². The van der Waals surface area contributed by atoms with Crippen molar-refractivity contribution in [2.75, 3.05) is 7.11 Å². The largest absolute Gasteiger partial charge is 0.497 e. The Bertz CT molecular complexity index is 1010. The first-order chi connectivity index (χ1) is 13.6. The van der Waals surface area contributed by atoms with Crippen molar-refractivity contribution in [3.8, 4) is 5.75 Å². The molecule has 0 unspecified atom stereocenters. The molecule has 6 nitrogen and oxygen atoms in total. The number of methoxy groups -OCH3 is 1. The minimum atomic E-state index is -0.643. The van der Waals surface area contributed by atoms with E-state index in [-0.39, 0.29) is 17.8 Å². The molecule has 3 aromatic rings. The zero-order valence-electron chi connectivity index (χ0n) is 16.3. The fourth-order valence-corrected chi connectivity index (χ4v) is 4.14. The average Bonchev–Trinajstić information content (AvgIpc) is 2.96. The highest BCUT2D eigenvalue weighted by atomic mass is 16.5. The van der Waals surface area contributed by atoms with E-state index in [0.29, 0.717) is 13.0 Å². The molecule has 1 aromatic heterocycles. The minimum absolute atomic E-state index is 0.0873. The Kier molecular flexibility index (Phi) is 5.24. The smallest absolute Gasteiger partial charge is 0.326 e. The van der Waals surface area contributed by atoms with E-state index in [1.54, 1.807) is 11.7 Å². The monoisotopic (exact) mass is 381 g/mol. The summed E-state index contributed by atoms with van der Waals surface area (Å²) in [4.78, 5) is 15.1. The summed E-state index contributed by atoms with van der Waals surface area (Å²) in [5.41, 5.74) is 3.59. The van der Waals surface area contributed by atoms with Gasteiger partial charge in [0.2, 0.25) is 0 Å². The number of hydrogen-bond acceptors (Lipinski definition) is 4. The number of nitrogens with one attached hydrogen (secondary N) is 2. The Hall–Kier alpha value is -2.57. The van der Waals surface area contributed by atoms with E-state index < -0.39 is 6.10 Å². The number of hydrogen-bond donors (Lipinski definition) is 3. The molecular formula is C22H27N3O3. The molecule has 0 fully saturated rings. The molecular weight excluding hydrogens is 354 g/mol. The van der Waals surface area contributed by atoms with Crippen molar-refractivity contribution in [3.05, 3.63) is 64.1 Å². The van der Waals surface area contributed by atoms with E-state index in [1.165, 1.54) is 5.56 Å². The van der Waals surface area contributed by atoms with Gasteiger partial charge >= 0.3 is 5.69 Å². The fourth-order valence-electron chi connectivity index (χ4n) is 4.14. The van der Waals surface area contributed by atoms with Gasteiger partial charge in [-0.3, -0.25) is 4.57 Å². The lowest BCUT2D eigenvalue weighted by Crippen LogP contribution is -2.41. The second kappa shape index (κ2) is 7.81. The van der Waals surface area contributed by atoms with Gasteiger partial charge in [-0.05, 0) is 49.9 Å². The first kappa shape index (κ1) is 18.8. The third-order valence-corrected chi connectivity index (χ3v) is 5.71. The van der Waals surface area contributed by atoms with Crippen LogP contribution in [-0.4, -0.2) is 33.9 Å². The van der Waals surface area contributed by atoms with Crippen LogP contribution < -0.4 is 15.7 Å². The first-order valence-corrected chi connectivity index (χ1v) is 9.85. The molecule has 0 amide bonds. The van der Waals surface area contributed by atoms with Crippen molar-refractivity contribution in [2.45, 2.75) is 50.9 Å². The highest BCUT2D eigenvalue weighted by Crippen LogP contribution is 2.30. The van der Waals surface area contributed by atoms with Crippen LogP contribution in [0.25, 0.3) is 11.0 Å². The highest BCUT2D eigenvalue weighted by molar-refractivity contribution is 5.79. The van der Waals surface area contributed by atoms with Gasteiger partial charge < -0.3 is 20.1 Å². The third kappa shape index (κ3) is 3.57. The maximum atomic E-state index is 12.2. The highest BCUT2D eigenvalue weighted by Gasteiger charge is 2.29. The molecule has 0 aliphatic carbocycles. The number of nitrogens with zero attached hydrogens (tertiary/aromatic N) is 1. The Labute approximate surface area is 164 Å². The molecule has 4 rings (SSSR count). The van der Waals surface area contributed by atoms with Crippen LogP contribution in [0.2, 0.25) is 0 Å². The Morgan fingerprint density at radius 2 is 2.07 bits per heavy atom. The second-order valence-electron chi connectivity index (χ2n) is 7.62. The van der Waals surface area contributed by atoms with Gasteiger partial charge in [-0.25, -0.2) is 4.79 Å². The third-order valence-electron chi connectivity index (χ3n) is 5.71. The number of ether oxygens (including phenoxy) is 1. The van der Waals surface area contributed by atoms with Crippen molar-refractivity contribution >= 4 is 11.0 Å². The summed E-state index contributed by atoms with van der Waals surface area (Å²) in [5, 5.41) is 14.6. The van der Waals surface area contributed by atoms with Crippen molar-refractivity contribution in [3.63, 3.8) is 0 Å². The van der Waals surface area contributed by atoms with Gasteiger partial charge in [-0.1, -0.05) is 24.3 Å². The fraction of sp³-hybridized carbons (Fsp3) is 0.409. The predicted octanol–water partition coefficient (Wildman–Crippen LogP) is 2.75. The molecule has 6 heteroatoms. The number of para-hydroxylation sites is 1. The molecule has 28 heavy (non-hydrogen) atoms. The average molecular weight is 381 g/mol. The van der Waals surface area contributed by atoms with Gasteiger partial charge in [0.15, 0.2) is 0 Å². The van der Waals surface area contributed by atoms with E-state index in [4.69, 9.17) is 4.74 Å². The van der Waals surface area contributed by atoms with Gasteiger partial charge in [0.25, 0.3) is 0 Å². The number of H-pyrrole nitrogens is 1. The van der Waals surface area contributed by atoms with Crippen LogP contribution in [0, 0.1) is 0 Å². The van der Waals surface area contributed by atoms with E-state index in [9.17, 15) is 9.90 Å². The van der Waals surface area contributed by atoms with Crippen LogP contribution >= 0.6 is 0 Å². The molecule has 3 N–H and O–H groups in total. The first-order valence-electron chi connectivity index (χ1n) is 9.85. The summed E-state index contributed by atoms with van der Waals surface area (Å²) in [6.45, 7) is 2.74. The number of aromatic amines is 1. The Morgan fingerprint density at radius 3 is 2.82 bits per heavy atom. The number of aryl methyl sites for hydroxylation is 2. The Balaban J connectivity index is 1.44. The number of imidazole rings is 1. The van der Waals surface area contributed by atoms with Crippen LogP contribution in [0.15, 0.2) is 47.3 Å². The van der Waals surface area contributed by atoms with Gasteiger partial charge in [-0.15, -0.1) is 0 Å². The van der Waals surface area contributed by atoms with Crippen molar-refractivity contribution in [2.24, 2.45) is 0 Å². The van der Waals surface area contributed by atoms with Crippen molar-refractivity contribution < 1.29 is 9.84 Å². The minimum Gasteiger partial charge on any atom is -0.497 e. The molecule has 3 atom stereocenters. The van der Waals surface area contributed by atoms with Gasteiger partial charge in [0, 0.05) is 24.2 Å². The molecule has 0 spiro atoms. The van der Waals surface area contributed by atoms with E-state index in [1.807, 2.05) is 30.3 Å². The normalized spacial score (nSPS) is 20.1. The lowest BCUT2D eigenvalue weighted by atomic mass is 9.98. The molecule has 2 aromatic carbocycles. The number of benzene rings is 2. The summed E-state index contributed by atoms with van der Waals surface area (Å²) in [5.74, 6) is 0.865. The lowest BCUT2D eigenvalue weighted by molar-refractivity contribution is 0.119. The summed E-state index contributed by atoms with van der Waals surface area (Å²) >= 11 is 0. The van der Waals surface area contributed by atoms with Crippen LogP contribution in [0.4, 0.5) is 0 Å². The molecule has 148 valence electrons. The lowest BCUT2D eigenvalue weighted by Gasteiger charge is -2.26. The standard InChI is InChI=1S/C22H27N3O3/c1-14(6-7-15-8-10-16(28-2)11-9-15)23-19-12-13-25-20-17(21(19)26)4-3-5-18(20)24-22(25)27/h3-5,8-11,14,19,21,23,26H,6-7,12-13H2,1-2H3,(H,24,27)/t14-,19-,21-/m1/s1. The van der Waals surface area contributed by atoms with Gasteiger partial charge in [-0.2, -0.15) is 0 Å². The van der Waals surface area contributed by atoms with Gasteiger partial charge in [0.1, 0.15) is 5.75 Å². The van der Waals surface area contributed by atoms with Crippen LogP contribution in [0.3, 0.4) is 0 Å². The molecule has 2 heterocycles. The zero-order valence-corrected chi connectivity index (χ0v) is 16.3. The number of aliphatic hydroxyl groups is 1. The van der Waals surface area contributed by atoms with E-state index in [0.717, 1.165) is 35.2 Å². The summed E-state index contributed by atoms with van der Waals surface area (Å²) in [6.07, 6.45) is 1.98. The zero-order chi connectivity index (χ0) is 19.7. The summed E-state index contributed by atoms with van der Waals surface area (Å²) in [6, 6.07) is 14.0. The van der Waals surface area contributed by atoms with E-state index in [2.05, 4.69) is 29.4 Å². The SMILES string of the molecule is COc1ccc(CC[C@@H](C)N[C@@H]2CCn3c(=O)[nH]c4cccc(c43)[C@H]2O)cc1. The molecule has 0 radical (unpaired) electrons. The molecule has 0 saturated carbocycles. The number of aromatic nitrogens is 2. The molecule has 1 aliphatic heterocycles. The van der Waals surface area contributed by atoms with Crippen LogP contribution in [0.5, 0.6) is 5.75 Å². The quantitative estimate of drug-likeness (QED) is 0.613. The topological polar surface area (TPSA) is 79.3 Å². The van der Waals surface area contributed by atoms with Gasteiger partial charge in [0.05, 0.1) is 24.2 Å². The Morgan fingerprint density at radius 1 is 1.29 bits per heavy atom. The second-order valence-corrected chi connectivity index (χ2v) is 7.62. The van der Waals surface area contributed by atoms with Crippen molar-refractivity contribution in [1.29, 1.82) is 0 Å². The molecule has 0 saturated heterocycles. The summed E-state index contributed by atoms with van der Waals surface area (Å²) < 4.78 is 6.95. The molecule has 0 bridgehead atoms. The predicted molar refractivity (Wildman–Crippen MR) is 110 cm³/mol. The number of aliphatic hydroxyl groups excluding tert-OH is 1. The summed E-state index contributed by atoms with van der Waals surface area (Å²) in [7, 11) is 1.67.